The van der Waals surface area contributed by atoms with Crippen molar-refractivity contribution in [3.05, 3.63) is 23.8 Å². The molecule has 2 rings (SSSR count). The standard InChI is InChI=1S/C14H21NO3/c1-16-13-3-4-14(17-2)11(9-13)10-15-12-5-7-18-8-6-12/h3-4,9,12,15H,5-8,10H2,1-2H3. The van der Waals surface area contributed by atoms with Gasteiger partial charge in [-0.15, -0.1) is 0 Å². The van der Waals surface area contributed by atoms with Crippen molar-refractivity contribution in [3.8, 4) is 11.5 Å². The van der Waals surface area contributed by atoms with E-state index in [0.717, 1.165) is 49.7 Å². The van der Waals surface area contributed by atoms with Crippen molar-refractivity contribution < 1.29 is 14.2 Å². The summed E-state index contributed by atoms with van der Waals surface area (Å²) < 4.78 is 16.0. The molecular formula is C14H21NO3. The molecule has 0 spiro atoms. The molecule has 1 saturated heterocycles. The van der Waals surface area contributed by atoms with E-state index in [1.54, 1.807) is 14.2 Å². The molecule has 18 heavy (non-hydrogen) atoms. The number of benzene rings is 1. The first-order chi connectivity index (χ1) is 8.83. The van der Waals surface area contributed by atoms with Gasteiger partial charge in [-0.2, -0.15) is 0 Å². The highest BCUT2D eigenvalue weighted by Crippen LogP contribution is 2.24. The molecule has 100 valence electrons. The molecule has 0 aromatic heterocycles. The van der Waals surface area contributed by atoms with Crippen molar-refractivity contribution in [2.45, 2.75) is 25.4 Å². The molecule has 4 heteroatoms. The minimum absolute atomic E-state index is 0.537. The van der Waals surface area contributed by atoms with Crippen molar-refractivity contribution in [2.75, 3.05) is 27.4 Å². The van der Waals surface area contributed by atoms with Gasteiger partial charge in [-0.3, -0.25) is 0 Å². The van der Waals surface area contributed by atoms with Crippen LogP contribution in [0.3, 0.4) is 0 Å². The first-order valence-electron chi connectivity index (χ1n) is 6.35. The Hall–Kier alpha value is -1.26. The van der Waals surface area contributed by atoms with Gasteiger partial charge < -0.3 is 19.5 Å². The van der Waals surface area contributed by atoms with Gasteiger partial charge in [-0.1, -0.05) is 0 Å². The maximum atomic E-state index is 5.36. The Balaban J connectivity index is 1.97. The van der Waals surface area contributed by atoms with Crippen LogP contribution in [0, 0.1) is 0 Å². The molecule has 0 radical (unpaired) electrons. The summed E-state index contributed by atoms with van der Waals surface area (Å²) in [6, 6.07) is 6.41. The molecule has 1 heterocycles. The molecule has 1 fully saturated rings. The lowest BCUT2D eigenvalue weighted by atomic mass is 10.1. The van der Waals surface area contributed by atoms with E-state index < -0.39 is 0 Å². The summed E-state index contributed by atoms with van der Waals surface area (Å²) in [6.07, 6.45) is 2.15. The van der Waals surface area contributed by atoms with Crippen LogP contribution in [-0.2, 0) is 11.3 Å². The molecule has 1 aromatic carbocycles. The molecule has 0 atom stereocenters. The van der Waals surface area contributed by atoms with E-state index in [2.05, 4.69) is 5.32 Å². The van der Waals surface area contributed by atoms with Crippen molar-refractivity contribution in [2.24, 2.45) is 0 Å². The van der Waals surface area contributed by atoms with E-state index in [0.29, 0.717) is 6.04 Å². The number of methoxy groups -OCH3 is 2. The van der Waals surface area contributed by atoms with Crippen LogP contribution in [-0.4, -0.2) is 33.5 Å². The van der Waals surface area contributed by atoms with Crippen LogP contribution >= 0.6 is 0 Å². The number of hydrogen-bond acceptors (Lipinski definition) is 4. The second-order valence-corrected chi connectivity index (χ2v) is 4.45. The maximum absolute atomic E-state index is 5.36. The Kier molecular flexibility index (Phi) is 4.84. The zero-order chi connectivity index (χ0) is 12.8. The number of rotatable bonds is 5. The van der Waals surface area contributed by atoms with Gasteiger partial charge in [0.2, 0.25) is 0 Å². The minimum atomic E-state index is 0.537. The highest BCUT2D eigenvalue weighted by Gasteiger charge is 2.14. The third-order valence-electron chi connectivity index (χ3n) is 3.29. The molecule has 1 aliphatic rings. The van der Waals surface area contributed by atoms with Gasteiger partial charge in [0.05, 0.1) is 14.2 Å². The van der Waals surface area contributed by atoms with Crippen LogP contribution in [0.2, 0.25) is 0 Å². The van der Waals surface area contributed by atoms with E-state index in [1.165, 1.54) is 0 Å². The smallest absolute Gasteiger partial charge is 0.123 e. The van der Waals surface area contributed by atoms with Crippen LogP contribution < -0.4 is 14.8 Å². The second-order valence-electron chi connectivity index (χ2n) is 4.45. The molecule has 4 nitrogen and oxygen atoms in total. The highest BCUT2D eigenvalue weighted by atomic mass is 16.5. The maximum Gasteiger partial charge on any atom is 0.123 e. The van der Waals surface area contributed by atoms with Gasteiger partial charge in [0.25, 0.3) is 0 Å². The number of ether oxygens (including phenoxy) is 3. The molecule has 0 saturated carbocycles. The van der Waals surface area contributed by atoms with E-state index >= 15 is 0 Å². The van der Waals surface area contributed by atoms with Crippen molar-refractivity contribution in [1.82, 2.24) is 5.32 Å². The van der Waals surface area contributed by atoms with Gasteiger partial charge in [-0.05, 0) is 31.0 Å². The molecule has 1 aromatic rings. The van der Waals surface area contributed by atoms with Crippen LogP contribution in [0.15, 0.2) is 18.2 Å². The van der Waals surface area contributed by atoms with E-state index in [9.17, 15) is 0 Å². The van der Waals surface area contributed by atoms with Crippen LogP contribution in [0.4, 0.5) is 0 Å². The summed E-state index contributed by atoms with van der Waals surface area (Å²) in [5.74, 6) is 1.76. The Bertz CT molecular complexity index is 375. The van der Waals surface area contributed by atoms with Gasteiger partial charge >= 0.3 is 0 Å². The quantitative estimate of drug-likeness (QED) is 0.868. The fraction of sp³-hybridized carbons (Fsp3) is 0.571. The largest absolute Gasteiger partial charge is 0.497 e. The summed E-state index contributed by atoms with van der Waals surface area (Å²) in [4.78, 5) is 0. The lowest BCUT2D eigenvalue weighted by Gasteiger charge is -2.23. The SMILES string of the molecule is COc1ccc(OC)c(CNC2CCOCC2)c1. The lowest BCUT2D eigenvalue weighted by molar-refractivity contribution is 0.0775. The van der Waals surface area contributed by atoms with Gasteiger partial charge in [0.15, 0.2) is 0 Å². The van der Waals surface area contributed by atoms with E-state index in [4.69, 9.17) is 14.2 Å². The van der Waals surface area contributed by atoms with Crippen molar-refractivity contribution in [1.29, 1.82) is 0 Å². The van der Waals surface area contributed by atoms with Crippen molar-refractivity contribution in [3.63, 3.8) is 0 Å². The van der Waals surface area contributed by atoms with E-state index in [-0.39, 0.29) is 0 Å². The zero-order valence-electron chi connectivity index (χ0n) is 11.1. The third-order valence-corrected chi connectivity index (χ3v) is 3.29. The molecule has 0 aliphatic carbocycles. The molecular weight excluding hydrogens is 230 g/mol. The monoisotopic (exact) mass is 251 g/mol. The summed E-state index contributed by atoms with van der Waals surface area (Å²) in [7, 11) is 3.37. The van der Waals surface area contributed by atoms with E-state index in [1.807, 2.05) is 18.2 Å². The minimum Gasteiger partial charge on any atom is -0.497 e. The normalized spacial score (nSPS) is 16.6. The van der Waals surface area contributed by atoms with Crippen molar-refractivity contribution >= 4 is 0 Å². The molecule has 0 amide bonds. The Morgan fingerprint density at radius 3 is 2.67 bits per heavy atom. The Morgan fingerprint density at radius 1 is 1.22 bits per heavy atom. The summed E-state index contributed by atoms with van der Waals surface area (Å²) in [6.45, 7) is 2.50. The summed E-state index contributed by atoms with van der Waals surface area (Å²) in [5.41, 5.74) is 1.13. The number of hydrogen-bond donors (Lipinski definition) is 1. The zero-order valence-corrected chi connectivity index (χ0v) is 11.1. The van der Waals surface area contributed by atoms with Crippen LogP contribution in [0.1, 0.15) is 18.4 Å². The molecule has 0 bridgehead atoms. The topological polar surface area (TPSA) is 39.7 Å². The molecule has 1 N–H and O–H groups in total. The summed E-state index contributed by atoms with van der Waals surface area (Å²) >= 11 is 0. The third kappa shape index (κ3) is 3.37. The predicted octanol–water partition coefficient (Wildman–Crippen LogP) is 1.97. The fourth-order valence-corrected chi connectivity index (χ4v) is 2.18. The highest BCUT2D eigenvalue weighted by molar-refractivity contribution is 5.40. The van der Waals surface area contributed by atoms with Crippen LogP contribution in [0.5, 0.6) is 11.5 Å². The first-order valence-corrected chi connectivity index (χ1v) is 6.35. The Labute approximate surface area is 108 Å². The Morgan fingerprint density at radius 2 is 2.00 bits per heavy atom. The molecule has 0 unspecified atom stereocenters. The average Bonchev–Trinajstić information content (AvgIpc) is 2.45. The predicted molar refractivity (Wildman–Crippen MR) is 70.2 cm³/mol. The van der Waals surface area contributed by atoms with Gasteiger partial charge in [0.1, 0.15) is 11.5 Å². The first kappa shape index (κ1) is 13.2. The van der Waals surface area contributed by atoms with Gasteiger partial charge in [-0.25, -0.2) is 0 Å². The second kappa shape index (κ2) is 6.61. The average molecular weight is 251 g/mol. The number of nitrogens with one attached hydrogen (secondary N) is 1. The van der Waals surface area contributed by atoms with Gasteiger partial charge in [0, 0.05) is 31.4 Å². The fourth-order valence-electron chi connectivity index (χ4n) is 2.18. The van der Waals surface area contributed by atoms with Crippen LogP contribution in [0.25, 0.3) is 0 Å². The summed E-state index contributed by atoms with van der Waals surface area (Å²) in [5, 5.41) is 3.55. The molecule has 1 aliphatic heterocycles. The lowest BCUT2D eigenvalue weighted by Crippen LogP contribution is -2.34.